The molecule has 1 heterocycles. The Kier molecular flexibility index (Phi) is 9.05. The van der Waals surface area contributed by atoms with Gasteiger partial charge in [-0.05, 0) is 99.0 Å². The van der Waals surface area contributed by atoms with Crippen LogP contribution in [0, 0.1) is 38.4 Å². The molecule has 1 saturated heterocycles. The maximum atomic E-state index is 14.3. The smallest absolute Gasteiger partial charge is 0.251 e. The minimum Gasteiger partial charge on any atom is -0.370 e. The number of benzene rings is 3. The van der Waals surface area contributed by atoms with Crippen molar-refractivity contribution in [3.63, 3.8) is 0 Å². The molecule has 1 fully saturated rings. The quantitative estimate of drug-likeness (QED) is 0.357. The van der Waals surface area contributed by atoms with Gasteiger partial charge in [-0.1, -0.05) is 37.3 Å². The van der Waals surface area contributed by atoms with E-state index in [1.165, 1.54) is 11.6 Å². The van der Waals surface area contributed by atoms with Gasteiger partial charge in [0.1, 0.15) is 5.82 Å². The van der Waals surface area contributed by atoms with Crippen LogP contribution < -0.4 is 15.1 Å². The molecule has 2 atom stereocenters. The van der Waals surface area contributed by atoms with Crippen molar-refractivity contribution in [3.05, 3.63) is 94.3 Å². The number of nitrogens with one attached hydrogen (secondary N) is 1. The van der Waals surface area contributed by atoms with E-state index >= 15 is 0 Å². The highest BCUT2D eigenvalue weighted by Crippen LogP contribution is 2.34. The predicted octanol–water partition coefficient (Wildman–Crippen LogP) is 6.24. The van der Waals surface area contributed by atoms with Crippen LogP contribution in [0.1, 0.15) is 52.9 Å². The summed E-state index contributed by atoms with van der Waals surface area (Å²) in [7, 11) is 0. The Hall–Kier alpha value is -3.67. The summed E-state index contributed by atoms with van der Waals surface area (Å²) < 4.78 is 14.3. The van der Waals surface area contributed by atoms with Gasteiger partial charge in [-0.2, -0.15) is 0 Å². The maximum absolute atomic E-state index is 14.3. The first-order valence-electron chi connectivity index (χ1n) is 13.9. The average molecular weight is 530 g/mol. The molecule has 1 N–H and O–H groups in total. The van der Waals surface area contributed by atoms with E-state index in [0.717, 1.165) is 35.5 Å². The number of nitrogens with zero attached hydrogens (tertiary/aromatic N) is 2. The van der Waals surface area contributed by atoms with Gasteiger partial charge in [-0.15, -0.1) is 0 Å². The first-order valence-corrected chi connectivity index (χ1v) is 13.9. The molecule has 39 heavy (non-hydrogen) atoms. The molecule has 0 aliphatic carbocycles. The minimum absolute atomic E-state index is 0.0824. The molecule has 5 nitrogen and oxygen atoms in total. The fourth-order valence-corrected chi connectivity index (χ4v) is 5.83. The van der Waals surface area contributed by atoms with E-state index in [9.17, 15) is 14.0 Å². The number of piperidine rings is 1. The van der Waals surface area contributed by atoms with Crippen LogP contribution in [-0.2, 0) is 11.2 Å². The van der Waals surface area contributed by atoms with Crippen molar-refractivity contribution in [1.82, 2.24) is 5.32 Å². The molecule has 1 aliphatic rings. The second-order valence-electron chi connectivity index (χ2n) is 10.9. The molecule has 0 radical (unpaired) electrons. The molecule has 0 saturated carbocycles. The van der Waals surface area contributed by atoms with Crippen LogP contribution in [0.4, 0.5) is 15.8 Å². The lowest BCUT2D eigenvalue weighted by molar-refractivity contribution is -0.124. The zero-order valence-corrected chi connectivity index (χ0v) is 23.8. The molecular weight excluding hydrogens is 489 g/mol. The Balaban J connectivity index is 1.45. The van der Waals surface area contributed by atoms with Crippen LogP contribution in [-0.4, -0.2) is 38.0 Å². The van der Waals surface area contributed by atoms with E-state index in [-0.39, 0.29) is 29.5 Å². The molecule has 0 bridgehead atoms. The molecule has 0 spiro atoms. The van der Waals surface area contributed by atoms with Crippen LogP contribution in [0.5, 0.6) is 0 Å². The van der Waals surface area contributed by atoms with E-state index < -0.39 is 0 Å². The fourth-order valence-electron chi connectivity index (χ4n) is 5.83. The van der Waals surface area contributed by atoms with Gasteiger partial charge in [-0.3, -0.25) is 9.59 Å². The van der Waals surface area contributed by atoms with Crippen molar-refractivity contribution in [2.75, 3.05) is 36.0 Å². The zero-order valence-electron chi connectivity index (χ0n) is 23.8. The van der Waals surface area contributed by atoms with Crippen molar-refractivity contribution >= 4 is 23.2 Å². The van der Waals surface area contributed by atoms with Crippen molar-refractivity contribution in [2.45, 2.75) is 47.5 Å². The Morgan fingerprint density at radius 1 is 1.05 bits per heavy atom. The number of aryl methyl sites for hydroxylation is 3. The van der Waals surface area contributed by atoms with E-state index in [2.05, 4.69) is 48.3 Å². The average Bonchev–Trinajstić information content (AvgIpc) is 2.90. The summed E-state index contributed by atoms with van der Waals surface area (Å²) in [6.07, 6.45) is 1.33. The molecule has 4 rings (SSSR count). The summed E-state index contributed by atoms with van der Waals surface area (Å²) in [5.74, 6) is -0.224. The van der Waals surface area contributed by atoms with E-state index in [1.807, 2.05) is 49.9 Å². The van der Waals surface area contributed by atoms with Crippen molar-refractivity contribution in [2.24, 2.45) is 11.8 Å². The van der Waals surface area contributed by atoms with Gasteiger partial charge >= 0.3 is 0 Å². The Bertz CT molecular complexity index is 1320. The van der Waals surface area contributed by atoms with Gasteiger partial charge in [0, 0.05) is 49.0 Å². The number of halogens is 1. The first kappa shape index (κ1) is 28.3. The monoisotopic (exact) mass is 529 g/mol. The van der Waals surface area contributed by atoms with Gasteiger partial charge < -0.3 is 15.1 Å². The normalized spacial score (nSPS) is 17.3. The summed E-state index contributed by atoms with van der Waals surface area (Å²) in [6.45, 7) is 12.7. The molecule has 3 aromatic rings. The highest BCUT2D eigenvalue weighted by Gasteiger charge is 2.34. The van der Waals surface area contributed by atoms with Crippen LogP contribution in [0.2, 0.25) is 0 Å². The van der Waals surface area contributed by atoms with Crippen LogP contribution in [0.25, 0.3) is 0 Å². The lowest BCUT2D eigenvalue weighted by Crippen LogP contribution is -2.46. The van der Waals surface area contributed by atoms with Gasteiger partial charge in [0.25, 0.3) is 5.91 Å². The van der Waals surface area contributed by atoms with Gasteiger partial charge in [-0.25, -0.2) is 4.39 Å². The van der Waals surface area contributed by atoms with Gasteiger partial charge in [0.05, 0.1) is 0 Å². The van der Waals surface area contributed by atoms with E-state index in [0.29, 0.717) is 37.2 Å². The number of amides is 2. The number of hydrogen-bond acceptors (Lipinski definition) is 3. The molecule has 2 amide bonds. The third-order valence-electron chi connectivity index (χ3n) is 7.72. The van der Waals surface area contributed by atoms with Crippen LogP contribution >= 0.6 is 0 Å². The number of rotatable bonds is 9. The number of hydrogen-bond donors (Lipinski definition) is 1. The topological polar surface area (TPSA) is 52.7 Å². The van der Waals surface area contributed by atoms with Gasteiger partial charge in [0.2, 0.25) is 5.91 Å². The Morgan fingerprint density at radius 3 is 2.44 bits per heavy atom. The Labute approximate surface area is 232 Å². The van der Waals surface area contributed by atoms with Crippen molar-refractivity contribution in [3.8, 4) is 0 Å². The number of anilines is 2. The molecule has 1 aliphatic heterocycles. The standard InChI is InChI=1S/C33H40FN3O2/c1-6-36(29-12-9-10-22(2)16-29)15-14-35-32(38)28-18-23(3)31(24(4)19-28)37-21-26(17-25(5)33(37)39)20-27-11-7-8-13-30(27)34/h7-13,16,18-19,25-26H,6,14-15,17,20-21H2,1-5H3,(H,35,38)/t25-,26-/m1/s1. The maximum Gasteiger partial charge on any atom is 0.251 e. The van der Waals surface area contributed by atoms with Crippen LogP contribution in [0.3, 0.4) is 0 Å². The summed E-state index contributed by atoms with van der Waals surface area (Å²) in [6, 6.07) is 19.0. The summed E-state index contributed by atoms with van der Waals surface area (Å²) in [5, 5.41) is 3.06. The molecule has 0 aromatic heterocycles. The molecular formula is C33H40FN3O2. The SMILES string of the molecule is CCN(CCNC(=O)c1cc(C)c(N2C[C@@H](Cc3ccccc3F)C[C@@H](C)C2=O)c(C)c1)c1cccc(C)c1. The van der Waals surface area contributed by atoms with Gasteiger partial charge in [0.15, 0.2) is 0 Å². The van der Waals surface area contributed by atoms with Crippen molar-refractivity contribution < 1.29 is 14.0 Å². The molecule has 206 valence electrons. The zero-order chi connectivity index (χ0) is 28.1. The molecule has 3 aromatic carbocycles. The third kappa shape index (κ3) is 6.67. The molecule has 0 unspecified atom stereocenters. The summed E-state index contributed by atoms with van der Waals surface area (Å²) in [5.41, 5.74) is 6.28. The lowest BCUT2D eigenvalue weighted by Gasteiger charge is -2.38. The predicted molar refractivity (Wildman–Crippen MR) is 157 cm³/mol. The highest BCUT2D eigenvalue weighted by atomic mass is 19.1. The third-order valence-corrected chi connectivity index (χ3v) is 7.72. The number of likely N-dealkylation sites (N-methyl/N-ethyl adjacent to an activating group) is 1. The van der Waals surface area contributed by atoms with Crippen molar-refractivity contribution in [1.29, 1.82) is 0 Å². The second kappa shape index (κ2) is 12.5. The lowest BCUT2D eigenvalue weighted by atomic mass is 9.84. The number of carbonyl (C=O) groups is 2. The largest absolute Gasteiger partial charge is 0.370 e. The van der Waals surface area contributed by atoms with E-state index in [1.54, 1.807) is 6.07 Å². The summed E-state index contributed by atoms with van der Waals surface area (Å²) in [4.78, 5) is 30.4. The summed E-state index contributed by atoms with van der Waals surface area (Å²) >= 11 is 0. The van der Waals surface area contributed by atoms with Crippen LogP contribution in [0.15, 0.2) is 60.7 Å². The number of carbonyl (C=O) groups excluding carboxylic acids is 2. The fraction of sp³-hybridized carbons (Fsp3) is 0.394. The van der Waals surface area contributed by atoms with E-state index in [4.69, 9.17) is 0 Å². The minimum atomic E-state index is -0.197. The second-order valence-corrected chi connectivity index (χ2v) is 10.9. The molecule has 6 heteroatoms. The highest BCUT2D eigenvalue weighted by molar-refractivity contribution is 5.99. The Morgan fingerprint density at radius 2 is 1.77 bits per heavy atom. The first-order chi connectivity index (χ1) is 18.7.